The first kappa shape index (κ1) is 14.2. The lowest BCUT2D eigenvalue weighted by molar-refractivity contribution is 0.830. The first-order chi connectivity index (χ1) is 10.1. The molecule has 3 aromatic rings. The number of rotatable bonds is 2. The predicted octanol–water partition coefficient (Wildman–Crippen LogP) is 4.00. The van der Waals surface area contributed by atoms with Crippen molar-refractivity contribution in [3.05, 3.63) is 45.8 Å². The molecule has 0 spiro atoms. The van der Waals surface area contributed by atoms with E-state index in [4.69, 9.17) is 10.7 Å². The van der Waals surface area contributed by atoms with E-state index in [1.54, 1.807) is 6.20 Å². The summed E-state index contributed by atoms with van der Waals surface area (Å²) in [5.74, 6) is 1.44. The van der Waals surface area contributed by atoms with Crippen molar-refractivity contribution in [1.29, 1.82) is 0 Å². The number of halogens is 1. The molecule has 0 radical (unpaired) electrons. The van der Waals surface area contributed by atoms with Crippen LogP contribution < -0.4 is 5.73 Å². The maximum absolute atomic E-state index is 6.00. The zero-order valence-electron chi connectivity index (χ0n) is 11.8. The number of nitrogens with zero attached hydrogens (tertiary/aromatic N) is 3. The van der Waals surface area contributed by atoms with Gasteiger partial charge < -0.3 is 5.73 Å². The molecular weight excluding hydrogens is 375 g/mol. The Balaban J connectivity index is 2.32. The Bertz CT molecular complexity index is 814. The smallest absolute Gasteiger partial charge is 0.160 e. The van der Waals surface area contributed by atoms with Crippen molar-refractivity contribution in [2.75, 3.05) is 5.73 Å². The Hall–Kier alpha value is -1.76. The zero-order chi connectivity index (χ0) is 15.0. The Morgan fingerprint density at radius 1 is 1.14 bits per heavy atom. The SMILES string of the molecule is CC(C)c1nc(-c2cccc(I)c2)nc2c(N)nccc12. The molecule has 0 saturated carbocycles. The molecule has 106 valence electrons. The molecule has 0 aliphatic carbocycles. The fraction of sp³-hybridized carbons (Fsp3) is 0.188. The summed E-state index contributed by atoms with van der Waals surface area (Å²) < 4.78 is 1.15. The number of nitrogen functional groups attached to an aromatic ring is 1. The Morgan fingerprint density at radius 3 is 2.67 bits per heavy atom. The summed E-state index contributed by atoms with van der Waals surface area (Å²) in [5.41, 5.74) is 8.72. The van der Waals surface area contributed by atoms with Gasteiger partial charge >= 0.3 is 0 Å². The molecule has 0 bridgehead atoms. The fourth-order valence-corrected chi connectivity index (χ4v) is 2.84. The van der Waals surface area contributed by atoms with Crippen molar-refractivity contribution in [1.82, 2.24) is 15.0 Å². The molecule has 0 amide bonds. The number of fused-ring (bicyclic) bond motifs is 1. The van der Waals surface area contributed by atoms with Crippen molar-refractivity contribution >= 4 is 39.3 Å². The highest BCUT2D eigenvalue weighted by Gasteiger charge is 2.14. The van der Waals surface area contributed by atoms with E-state index in [1.165, 1.54) is 0 Å². The monoisotopic (exact) mass is 390 g/mol. The molecule has 2 N–H and O–H groups in total. The quantitative estimate of drug-likeness (QED) is 0.672. The lowest BCUT2D eigenvalue weighted by atomic mass is 10.0. The van der Waals surface area contributed by atoms with E-state index in [0.717, 1.165) is 25.7 Å². The molecule has 0 atom stereocenters. The van der Waals surface area contributed by atoms with Gasteiger partial charge in [-0.15, -0.1) is 0 Å². The maximum Gasteiger partial charge on any atom is 0.160 e. The van der Waals surface area contributed by atoms with Crippen LogP contribution in [0, 0.1) is 3.57 Å². The molecule has 3 rings (SSSR count). The molecular formula is C16H15IN4. The highest BCUT2D eigenvalue weighted by molar-refractivity contribution is 14.1. The minimum atomic E-state index is 0.291. The number of hydrogen-bond acceptors (Lipinski definition) is 4. The van der Waals surface area contributed by atoms with Crippen molar-refractivity contribution < 1.29 is 0 Å². The molecule has 0 fully saturated rings. The molecule has 2 aromatic heterocycles. The van der Waals surface area contributed by atoms with Crippen molar-refractivity contribution in [2.45, 2.75) is 19.8 Å². The van der Waals surface area contributed by atoms with E-state index in [9.17, 15) is 0 Å². The minimum absolute atomic E-state index is 0.291. The lowest BCUT2D eigenvalue weighted by Gasteiger charge is -2.12. The minimum Gasteiger partial charge on any atom is -0.382 e. The van der Waals surface area contributed by atoms with Gasteiger partial charge in [0.1, 0.15) is 11.3 Å². The van der Waals surface area contributed by atoms with Gasteiger partial charge in [-0.2, -0.15) is 0 Å². The predicted molar refractivity (Wildman–Crippen MR) is 94.0 cm³/mol. The fourth-order valence-electron chi connectivity index (χ4n) is 2.30. The Labute approximate surface area is 137 Å². The normalized spacial score (nSPS) is 11.2. The number of nitrogens with two attached hydrogens (primary N) is 1. The molecule has 5 heteroatoms. The maximum atomic E-state index is 6.00. The van der Waals surface area contributed by atoms with Crippen LogP contribution in [0.5, 0.6) is 0 Å². The second kappa shape index (κ2) is 5.55. The molecule has 1 aromatic carbocycles. The van der Waals surface area contributed by atoms with Gasteiger partial charge in [0, 0.05) is 20.7 Å². The summed E-state index contributed by atoms with van der Waals surface area (Å²) >= 11 is 2.29. The number of anilines is 1. The van der Waals surface area contributed by atoms with E-state index < -0.39 is 0 Å². The Kier molecular flexibility index (Phi) is 3.75. The van der Waals surface area contributed by atoms with Crippen LogP contribution >= 0.6 is 22.6 Å². The molecule has 0 aliphatic rings. The highest BCUT2D eigenvalue weighted by atomic mass is 127. The number of hydrogen-bond donors (Lipinski definition) is 1. The van der Waals surface area contributed by atoms with Crippen LogP contribution in [0.2, 0.25) is 0 Å². The molecule has 0 saturated heterocycles. The topological polar surface area (TPSA) is 64.7 Å². The molecule has 0 aliphatic heterocycles. The van der Waals surface area contributed by atoms with E-state index in [-0.39, 0.29) is 0 Å². The van der Waals surface area contributed by atoms with Gasteiger partial charge in [-0.05, 0) is 46.7 Å². The van der Waals surface area contributed by atoms with Gasteiger partial charge in [0.15, 0.2) is 5.82 Å². The lowest BCUT2D eigenvalue weighted by Crippen LogP contribution is -2.03. The number of aromatic nitrogens is 3. The zero-order valence-corrected chi connectivity index (χ0v) is 14.0. The summed E-state index contributed by atoms with van der Waals surface area (Å²) in [7, 11) is 0. The van der Waals surface area contributed by atoms with Gasteiger partial charge in [0.2, 0.25) is 0 Å². The summed E-state index contributed by atoms with van der Waals surface area (Å²) in [6, 6.07) is 10.1. The van der Waals surface area contributed by atoms with Crippen LogP contribution in [0.25, 0.3) is 22.3 Å². The average molecular weight is 390 g/mol. The van der Waals surface area contributed by atoms with Gasteiger partial charge in [0.05, 0.1) is 5.69 Å². The third-order valence-corrected chi connectivity index (χ3v) is 3.97. The van der Waals surface area contributed by atoms with Gasteiger partial charge in [-0.1, -0.05) is 26.0 Å². The largest absolute Gasteiger partial charge is 0.382 e. The van der Waals surface area contributed by atoms with Crippen LogP contribution in [0.4, 0.5) is 5.82 Å². The van der Waals surface area contributed by atoms with E-state index >= 15 is 0 Å². The molecule has 2 heterocycles. The first-order valence-corrected chi connectivity index (χ1v) is 7.82. The summed E-state index contributed by atoms with van der Waals surface area (Å²) in [4.78, 5) is 13.5. The van der Waals surface area contributed by atoms with Crippen LogP contribution in [0.15, 0.2) is 36.5 Å². The second-order valence-electron chi connectivity index (χ2n) is 5.19. The summed E-state index contributed by atoms with van der Waals surface area (Å²) in [5, 5.41) is 0.979. The van der Waals surface area contributed by atoms with Crippen molar-refractivity contribution in [3.63, 3.8) is 0 Å². The third kappa shape index (κ3) is 2.70. The molecule has 4 nitrogen and oxygen atoms in total. The average Bonchev–Trinajstić information content (AvgIpc) is 2.46. The third-order valence-electron chi connectivity index (χ3n) is 3.30. The van der Waals surface area contributed by atoms with Crippen molar-refractivity contribution in [3.8, 4) is 11.4 Å². The van der Waals surface area contributed by atoms with Crippen LogP contribution in [-0.4, -0.2) is 15.0 Å². The molecule has 21 heavy (non-hydrogen) atoms. The highest BCUT2D eigenvalue weighted by Crippen LogP contribution is 2.28. The van der Waals surface area contributed by atoms with Gasteiger partial charge in [0.25, 0.3) is 0 Å². The summed E-state index contributed by atoms with van der Waals surface area (Å²) in [6.45, 7) is 4.24. The summed E-state index contributed by atoms with van der Waals surface area (Å²) in [6.07, 6.45) is 1.71. The van der Waals surface area contributed by atoms with Crippen LogP contribution in [0.1, 0.15) is 25.5 Å². The molecule has 0 unspecified atom stereocenters. The van der Waals surface area contributed by atoms with Crippen molar-refractivity contribution in [2.24, 2.45) is 0 Å². The number of benzene rings is 1. The van der Waals surface area contributed by atoms with E-state index in [0.29, 0.717) is 17.6 Å². The van der Waals surface area contributed by atoms with E-state index in [2.05, 4.69) is 52.5 Å². The van der Waals surface area contributed by atoms with Gasteiger partial charge in [-0.3, -0.25) is 0 Å². The first-order valence-electron chi connectivity index (χ1n) is 6.74. The Morgan fingerprint density at radius 2 is 1.95 bits per heavy atom. The van der Waals surface area contributed by atoms with E-state index in [1.807, 2.05) is 24.3 Å². The number of pyridine rings is 1. The standard InChI is InChI=1S/C16H15IN4/c1-9(2)13-12-6-7-19-15(18)14(12)21-16(20-13)10-4-3-5-11(17)8-10/h3-9H,1-2H3,(H2,18,19). The second-order valence-corrected chi connectivity index (χ2v) is 6.44. The van der Waals surface area contributed by atoms with Crippen LogP contribution in [-0.2, 0) is 0 Å². The van der Waals surface area contributed by atoms with Gasteiger partial charge in [-0.25, -0.2) is 15.0 Å². The van der Waals surface area contributed by atoms with Crippen LogP contribution in [0.3, 0.4) is 0 Å².